The summed E-state index contributed by atoms with van der Waals surface area (Å²) in [5, 5.41) is 0. The molecule has 0 radical (unpaired) electrons. The van der Waals surface area contributed by atoms with Gasteiger partial charge in [-0.05, 0) is 21.0 Å². The first kappa shape index (κ1) is 10.8. The third kappa shape index (κ3) is 2.14. The van der Waals surface area contributed by atoms with Gasteiger partial charge < -0.3 is 14.6 Å². The molecule has 1 aromatic heterocycles. The molecular formula is C10H16N2O2. The summed E-state index contributed by atoms with van der Waals surface area (Å²) in [5.74, 6) is 0.407. The zero-order valence-electron chi connectivity index (χ0n) is 9.05. The molecule has 0 aliphatic rings. The Bertz CT molecular complexity index is 369. The number of nitrogens with zero attached hydrogens (tertiary/aromatic N) is 1. The number of nitrogens with one attached hydrogen (secondary N) is 1. The lowest BCUT2D eigenvalue weighted by molar-refractivity contribution is 0.387. The highest BCUT2D eigenvalue weighted by atomic mass is 16.5. The first-order valence-corrected chi connectivity index (χ1v) is 4.46. The van der Waals surface area contributed by atoms with Crippen LogP contribution in [-0.4, -0.2) is 31.1 Å². The molecule has 0 amide bonds. The van der Waals surface area contributed by atoms with Crippen molar-refractivity contribution in [3.05, 3.63) is 27.7 Å². The molecule has 4 heteroatoms. The van der Waals surface area contributed by atoms with Gasteiger partial charge in [0, 0.05) is 18.3 Å². The smallest absolute Gasteiger partial charge is 0.228 e. The lowest BCUT2D eigenvalue weighted by atomic mass is 10.2. The number of rotatable bonds is 3. The number of hydrogen-bond donors (Lipinski definition) is 1. The highest BCUT2D eigenvalue weighted by Gasteiger charge is 2.09. The van der Waals surface area contributed by atoms with E-state index >= 15 is 0 Å². The zero-order valence-corrected chi connectivity index (χ0v) is 9.05. The molecule has 0 saturated carbocycles. The molecule has 0 saturated heterocycles. The second-order valence-electron chi connectivity index (χ2n) is 3.54. The average molecular weight is 196 g/mol. The molecule has 4 nitrogen and oxygen atoms in total. The monoisotopic (exact) mass is 196 g/mol. The standard InChI is InChI=1S/C10H16N2O2/c1-7-10(14-4)9(13)8(5-11-7)6-12(2)3/h5H,6H2,1-4H3,(H,11,13). The van der Waals surface area contributed by atoms with Gasteiger partial charge in [0.2, 0.25) is 5.43 Å². The van der Waals surface area contributed by atoms with Crippen LogP contribution < -0.4 is 10.2 Å². The van der Waals surface area contributed by atoms with Crippen molar-refractivity contribution in [1.82, 2.24) is 9.88 Å². The third-order valence-electron chi connectivity index (χ3n) is 1.99. The normalized spacial score (nSPS) is 10.6. The summed E-state index contributed by atoms with van der Waals surface area (Å²) >= 11 is 0. The molecule has 0 aromatic carbocycles. The van der Waals surface area contributed by atoms with Gasteiger partial charge in [0.25, 0.3) is 0 Å². The molecule has 1 rings (SSSR count). The predicted octanol–water partition coefficient (Wildman–Crippen LogP) is 0.754. The molecule has 0 bridgehead atoms. The SMILES string of the molecule is COc1c(C)[nH]cc(CN(C)C)c1=O. The molecule has 0 fully saturated rings. The minimum Gasteiger partial charge on any atom is -0.491 e. The molecule has 1 heterocycles. The number of aryl methyl sites for hydroxylation is 1. The Morgan fingerprint density at radius 2 is 2.14 bits per heavy atom. The quantitative estimate of drug-likeness (QED) is 0.776. The molecule has 0 spiro atoms. The van der Waals surface area contributed by atoms with E-state index < -0.39 is 0 Å². The summed E-state index contributed by atoms with van der Waals surface area (Å²) < 4.78 is 5.04. The van der Waals surface area contributed by atoms with E-state index in [-0.39, 0.29) is 5.43 Å². The van der Waals surface area contributed by atoms with Crippen molar-refractivity contribution < 1.29 is 4.74 Å². The van der Waals surface area contributed by atoms with Gasteiger partial charge in [0.15, 0.2) is 5.75 Å². The van der Waals surface area contributed by atoms with Crippen LogP contribution in [0, 0.1) is 6.92 Å². The summed E-state index contributed by atoms with van der Waals surface area (Å²) in [6.07, 6.45) is 1.74. The first-order chi connectivity index (χ1) is 6.56. The predicted molar refractivity (Wildman–Crippen MR) is 55.7 cm³/mol. The summed E-state index contributed by atoms with van der Waals surface area (Å²) in [5.41, 5.74) is 1.45. The van der Waals surface area contributed by atoms with Crippen molar-refractivity contribution in [3.8, 4) is 5.75 Å². The van der Waals surface area contributed by atoms with Crippen LogP contribution in [-0.2, 0) is 6.54 Å². The molecule has 0 atom stereocenters. The van der Waals surface area contributed by atoms with E-state index in [1.54, 1.807) is 6.20 Å². The highest BCUT2D eigenvalue weighted by molar-refractivity contribution is 5.30. The number of H-pyrrole nitrogens is 1. The number of hydrogen-bond acceptors (Lipinski definition) is 3. The fourth-order valence-electron chi connectivity index (χ4n) is 1.35. The minimum atomic E-state index is -0.0301. The second kappa shape index (κ2) is 4.28. The van der Waals surface area contributed by atoms with Crippen LogP contribution in [0.2, 0.25) is 0 Å². The number of aromatic amines is 1. The minimum absolute atomic E-state index is 0.0301. The van der Waals surface area contributed by atoms with E-state index in [2.05, 4.69) is 4.98 Å². The molecule has 1 N–H and O–H groups in total. The van der Waals surface area contributed by atoms with Crippen LogP contribution in [0.25, 0.3) is 0 Å². The van der Waals surface area contributed by atoms with Crippen LogP contribution in [0.4, 0.5) is 0 Å². The van der Waals surface area contributed by atoms with Crippen molar-refractivity contribution in [2.75, 3.05) is 21.2 Å². The molecule has 14 heavy (non-hydrogen) atoms. The van der Waals surface area contributed by atoms with E-state index in [1.807, 2.05) is 25.9 Å². The van der Waals surface area contributed by atoms with Crippen molar-refractivity contribution in [2.45, 2.75) is 13.5 Å². The Morgan fingerprint density at radius 3 is 2.64 bits per heavy atom. The summed E-state index contributed by atoms with van der Waals surface area (Å²) in [7, 11) is 5.36. The maximum absolute atomic E-state index is 11.8. The second-order valence-corrected chi connectivity index (χ2v) is 3.54. The van der Waals surface area contributed by atoms with Gasteiger partial charge >= 0.3 is 0 Å². The van der Waals surface area contributed by atoms with E-state index in [0.29, 0.717) is 12.3 Å². The Kier molecular flexibility index (Phi) is 3.30. The van der Waals surface area contributed by atoms with E-state index in [0.717, 1.165) is 11.3 Å². The zero-order chi connectivity index (χ0) is 10.7. The van der Waals surface area contributed by atoms with Gasteiger partial charge in [-0.25, -0.2) is 0 Å². The van der Waals surface area contributed by atoms with Crippen molar-refractivity contribution in [2.24, 2.45) is 0 Å². The van der Waals surface area contributed by atoms with Crippen LogP contribution >= 0.6 is 0 Å². The van der Waals surface area contributed by atoms with E-state index in [1.165, 1.54) is 7.11 Å². The first-order valence-electron chi connectivity index (χ1n) is 4.46. The lowest BCUT2D eigenvalue weighted by Crippen LogP contribution is -2.20. The molecule has 0 unspecified atom stereocenters. The van der Waals surface area contributed by atoms with Crippen molar-refractivity contribution >= 4 is 0 Å². The van der Waals surface area contributed by atoms with Crippen LogP contribution in [0.5, 0.6) is 5.75 Å². The number of ether oxygens (including phenoxy) is 1. The Balaban J connectivity index is 3.15. The number of aromatic nitrogens is 1. The van der Waals surface area contributed by atoms with E-state index in [9.17, 15) is 4.79 Å². The largest absolute Gasteiger partial charge is 0.491 e. The fourth-order valence-corrected chi connectivity index (χ4v) is 1.35. The summed E-state index contributed by atoms with van der Waals surface area (Å²) in [4.78, 5) is 16.7. The van der Waals surface area contributed by atoms with Crippen LogP contribution in [0.1, 0.15) is 11.3 Å². The Hall–Kier alpha value is -1.29. The van der Waals surface area contributed by atoms with Crippen LogP contribution in [0.15, 0.2) is 11.0 Å². The maximum Gasteiger partial charge on any atom is 0.228 e. The topological polar surface area (TPSA) is 45.3 Å². The van der Waals surface area contributed by atoms with Gasteiger partial charge in [-0.2, -0.15) is 0 Å². The number of methoxy groups -OCH3 is 1. The summed E-state index contributed by atoms with van der Waals surface area (Å²) in [6.45, 7) is 2.44. The Morgan fingerprint density at radius 1 is 1.50 bits per heavy atom. The average Bonchev–Trinajstić information content (AvgIpc) is 2.10. The summed E-state index contributed by atoms with van der Waals surface area (Å²) in [6, 6.07) is 0. The lowest BCUT2D eigenvalue weighted by Gasteiger charge is -2.11. The van der Waals surface area contributed by atoms with Gasteiger partial charge in [-0.1, -0.05) is 0 Å². The van der Waals surface area contributed by atoms with Crippen molar-refractivity contribution in [3.63, 3.8) is 0 Å². The molecule has 0 aliphatic heterocycles. The Labute approximate surface area is 83.5 Å². The van der Waals surface area contributed by atoms with Crippen molar-refractivity contribution in [1.29, 1.82) is 0 Å². The maximum atomic E-state index is 11.8. The highest BCUT2D eigenvalue weighted by Crippen LogP contribution is 2.09. The third-order valence-corrected chi connectivity index (χ3v) is 1.99. The van der Waals surface area contributed by atoms with Gasteiger partial charge in [-0.3, -0.25) is 4.79 Å². The fraction of sp³-hybridized carbons (Fsp3) is 0.500. The molecular weight excluding hydrogens is 180 g/mol. The van der Waals surface area contributed by atoms with Gasteiger partial charge in [-0.15, -0.1) is 0 Å². The van der Waals surface area contributed by atoms with Crippen LogP contribution in [0.3, 0.4) is 0 Å². The molecule has 0 aliphatic carbocycles. The van der Waals surface area contributed by atoms with E-state index in [4.69, 9.17) is 4.74 Å². The molecule has 1 aromatic rings. The van der Waals surface area contributed by atoms with Gasteiger partial charge in [0.1, 0.15) is 0 Å². The molecule has 78 valence electrons. The van der Waals surface area contributed by atoms with Gasteiger partial charge in [0.05, 0.1) is 12.8 Å². The number of pyridine rings is 1.